The summed E-state index contributed by atoms with van der Waals surface area (Å²) in [6, 6.07) is 5.02. The summed E-state index contributed by atoms with van der Waals surface area (Å²) in [5.74, 6) is -1.77. The van der Waals surface area contributed by atoms with Crippen LogP contribution < -0.4 is 9.47 Å². The van der Waals surface area contributed by atoms with Crippen LogP contribution in [-0.4, -0.2) is 52.9 Å². The molecule has 2 aromatic rings. The van der Waals surface area contributed by atoms with E-state index in [-0.39, 0.29) is 28.6 Å². The lowest BCUT2D eigenvalue weighted by Crippen LogP contribution is -2.34. The number of phenols is 2. The molecule has 0 saturated carbocycles. The second kappa shape index (κ2) is 6.71. The van der Waals surface area contributed by atoms with E-state index in [1.807, 2.05) is 0 Å². The molecule has 1 aliphatic heterocycles. The van der Waals surface area contributed by atoms with Crippen molar-refractivity contribution in [1.82, 2.24) is 4.90 Å². The van der Waals surface area contributed by atoms with Crippen molar-refractivity contribution in [2.75, 3.05) is 20.8 Å². The Labute approximate surface area is 155 Å². The predicted molar refractivity (Wildman–Crippen MR) is 94.6 cm³/mol. The van der Waals surface area contributed by atoms with Gasteiger partial charge in [0.25, 0.3) is 5.91 Å². The summed E-state index contributed by atoms with van der Waals surface area (Å²) >= 11 is 0. The number of carboxylic acids is 1. The van der Waals surface area contributed by atoms with Crippen LogP contribution >= 0.6 is 0 Å². The maximum Gasteiger partial charge on any atom is 0.323 e. The largest absolute Gasteiger partial charge is 0.508 e. The maximum absolute atomic E-state index is 12.9. The number of carbonyl (C=O) groups is 2. The molecule has 8 heteroatoms. The summed E-state index contributed by atoms with van der Waals surface area (Å²) in [6.07, 6.45) is 0. The third-order valence-corrected chi connectivity index (χ3v) is 4.49. The lowest BCUT2D eigenvalue weighted by Gasteiger charge is -2.25. The number of methoxy groups -OCH3 is 2. The van der Waals surface area contributed by atoms with E-state index in [2.05, 4.69) is 0 Å². The molecule has 3 N–H and O–H groups in total. The Bertz CT molecular complexity index is 938. The quantitative estimate of drug-likeness (QED) is 0.734. The van der Waals surface area contributed by atoms with E-state index < -0.39 is 24.5 Å². The third-order valence-electron chi connectivity index (χ3n) is 4.49. The van der Waals surface area contributed by atoms with Gasteiger partial charge in [-0.15, -0.1) is 0 Å². The minimum absolute atomic E-state index is 0.131. The van der Waals surface area contributed by atoms with Gasteiger partial charge in [0.05, 0.1) is 25.8 Å². The molecular weight excluding hydrogens is 354 g/mol. The molecule has 142 valence electrons. The summed E-state index contributed by atoms with van der Waals surface area (Å²) in [5, 5.41) is 29.9. The number of carbonyl (C=O) groups excluding carboxylic acids is 1. The van der Waals surface area contributed by atoms with Crippen LogP contribution in [0.15, 0.2) is 24.3 Å². The number of fused-ring (bicyclic) bond motifs is 1. The van der Waals surface area contributed by atoms with Crippen molar-refractivity contribution >= 4 is 11.9 Å². The van der Waals surface area contributed by atoms with Crippen LogP contribution in [0, 0.1) is 6.92 Å². The van der Waals surface area contributed by atoms with Gasteiger partial charge >= 0.3 is 5.97 Å². The maximum atomic E-state index is 12.9. The van der Waals surface area contributed by atoms with Crippen molar-refractivity contribution in [2.24, 2.45) is 0 Å². The van der Waals surface area contributed by atoms with Gasteiger partial charge in [-0.1, -0.05) is 0 Å². The number of aliphatic carboxylic acids is 1. The van der Waals surface area contributed by atoms with Crippen molar-refractivity contribution in [3.63, 3.8) is 0 Å². The third kappa shape index (κ3) is 2.99. The van der Waals surface area contributed by atoms with E-state index in [0.717, 1.165) is 10.5 Å². The second-order valence-electron chi connectivity index (χ2n) is 6.25. The SMILES string of the molecule is COc1cc(C)cc(C2c3cc(O)cc(OC)c3C(=O)N2CC(=O)O)c1O. The molecular formula is C19H19NO7. The van der Waals surface area contributed by atoms with Gasteiger partial charge in [-0.2, -0.15) is 0 Å². The van der Waals surface area contributed by atoms with E-state index >= 15 is 0 Å². The molecule has 1 atom stereocenters. The van der Waals surface area contributed by atoms with Gasteiger partial charge in [-0.05, 0) is 36.2 Å². The number of ether oxygens (including phenoxy) is 2. The Morgan fingerprint density at radius 2 is 1.74 bits per heavy atom. The first kappa shape index (κ1) is 18.4. The van der Waals surface area contributed by atoms with Gasteiger partial charge in [0.15, 0.2) is 11.5 Å². The van der Waals surface area contributed by atoms with E-state index in [1.54, 1.807) is 19.1 Å². The number of nitrogens with zero attached hydrogens (tertiary/aromatic N) is 1. The topological polar surface area (TPSA) is 117 Å². The Morgan fingerprint density at radius 1 is 1.07 bits per heavy atom. The van der Waals surface area contributed by atoms with E-state index in [1.165, 1.54) is 26.4 Å². The van der Waals surface area contributed by atoms with Crippen LogP contribution in [0.5, 0.6) is 23.0 Å². The Morgan fingerprint density at radius 3 is 2.33 bits per heavy atom. The van der Waals surface area contributed by atoms with Crippen molar-refractivity contribution in [3.8, 4) is 23.0 Å². The van der Waals surface area contributed by atoms with Crippen molar-refractivity contribution < 1.29 is 34.4 Å². The van der Waals surface area contributed by atoms with E-state index in [9.17, 15) is 24.9 Å². The summed E-state index contributed by atoms with van der Waals surface area (Å²) in [5.41, 5.74) is 1.55. The summed E-state index contributed by atoms with van der Waals surface area (Å²) in [7, 11) is 2.75. The fourth-order valence-electron chi connectivity index (χ4n) is 3.44. The monoisotopic (exact) mass is 373 g/mol. The average Bonchev–Trinajstić information content (AvgIpc) is 2.87. The first-order valence-electron chi connectivity index (χ1n) is 8.09. The van der Waals surface area contributed by atoms with Gasteiger partial charge < -0.3 is 29.7 Å². The molecule has 0 radical (unpaired) electrons. The molecule has 0 fully saturated rings. The van der Waals surface area contributed by atoms with Crippen LogP contribution in [0.25, 0.3) is 0 Å². The molecule has 0 aliphatic carbocycles. The zero-order valence-electron chi connectivity index (χ0n) is 15.0. The van der Waals surface area contributed by atoms with E-state index in [0.29, 0.717) is 11.1 Å². The Balaban J connectivity index is 2.30. The van der Waals surface area contributed by atoms with Crippen LogP contribution in [0.1, 0.15) is 33.1 Å². The van der Waals surface area contributed by atoms with E-state index in [4.69, 9.17) is 9.47 Å². The highest BCUT2D eigenvalue weighted by molar-refractivity contribution is 6.04. The molecule has 0 saturated heterocycles. The number of aromatic hydroxyl groups is 2. The summed E-state index contributed by atoms with van der Waals surface area (Å²) in [6.45, 7) is 1.20. The highest BCUT2D eigenvalue weighted by atomic mass is 16.5. The average molecular weight is 373 g/mol. The predicted octanol–water partition coefficient (Wildman–Crippen LogP) is 2.05. The molecule has 0 spiro atoms. The van der Waals surface area contributed by atoms with Gasteiger partial charge in [0, 0.05) is 11.6 Å². The number of amides is 1. The van der Waals surface area contributed by atoms with Crippen molar-refractivity contribution in [1.29, 1.82) is 0 Å². The zero-order chi connectivity index (χ0) is 19.9. The smallest absolute Gasteiger partial charge is 0.323 e. The van der Waals surface area contributed by atoms with Crippen LogP contribution in [0.2, 0.25) is 0 Å². The summed E-state index contributed by atoms with van der Waals surface area (Å²) in [4.78, 5) is 25.4. The summed E-state index contributed by atoms with van der Waals surface area (Å²) < 4.78 is 10.4. The van der Waals surface area contributed by atoms with Crippen molar-refractivity contribution in [3.05, 3.63) is 46.5 Å². The van der Waals surface area contributed by atoms with Crippen molar-refractivity contribution in [2.45, 2.75) is 13.0 Å². The van der Waals surface area contributed by atoms with Gasteiger partial charge in [-0.3, -0.25) is 9.59 Å². The number of hydrogen-bond donors (Lipinski definition) is 3. The highest BCUT2D eigenvalue weighted by Gasteiger charge is 2.42. The van der Waals surface area contributed by atoms with Gasteiger partial charge in [0.1, 0.15) is 18.0 Å². The van der Waals surface area contributed by atoms with Gasteiger partial charge in [0.2, 0.25) is 0 Å². The molecule has 1 aliphatic rings. The minimum Gasteiger partial charge on any atom is -0.508 e. The molecule has 8 nitrogen and oxygen atoms in total. The minimum atomic E-state index is -1.21. The molecule has 27 heavy (non-hydrogen) atoms. The molecule has 1 heterocycles. The Hall–Kier alpha value is -3.42. The number of rotatable bonds is 5. The van der Waals surface area contributed by atoms with Crippen LogP contribution in [0.4, 0.5) is 0 Å². The lowest BCUT2D eigenvalue weighted by molar-refractivity contribution is -0.138. The highest BCUT2D eigenvalue weighted by Crippen LogP contribution is 2.48. The molecule has 0 aromatic heterocycles. The standard InChI is InChI=1S/C19H19NO7/c1-9-4-12(18(24)14(5-9)27-3)17-11-6-10(21)7-13(26-2)16(11)19(25)20(17)8-15(22)23/h4-7,17,21,24H,8H2,1-3H3,(H,22,23). The fraction of sp³-hybridized carbons (Fsp3) is 0.263. The lowest BCUT2D eigenvalue weighted by atomic mass is 9.94. The van der Waals surface area contributed by atoms with Crippen LogP contribution in [0.3, 0.4) is 0 Å². The van der Waals surface area contributed by atoms with Crippen LogP contribution in [-0.2, 0) is 4.79 Å². The second-order valence-corrected chi connectivity index (χ2v) is 6.25. The Kier molecular flexibility index (Phi) is 4.57. The molecule has 3 rings (SSSR count). The zero-order valence-corrected chi connectivity index (χ0v) is 15.0. The normalized spacial score (nSPS) is 15.6. The molecule has 1 amide bonds. The first-order chi connectivity index (χ1) is 12.8. The molecule has 2 aromatic carbocycles. The fourth-order valence-corrected chi connectivity index (χ4v) is 3.44. The number of phenolic OH excluding ortho intramolecular Hbond substituents is 2. The molecule has 1 unspecified atom stereocenters. The first-order valence-corrected chi connectivity index (χ1v) is 8.09. The number of benzene rings is 2. The van der Waals surface area contributed by atoms with Gasteiger partial charge in [-0.25, -0.2) is 0 Å². The number of hydrogen-bond acceptors (Lipinski definition) is 6. The number of carboxylic acid groups (broad SMARTS) is 1. The number of aryl methyl sites for hydroxylation is 1. The molecule has 0 bridgehead atoms.